The van der Waals surface area contributed by atoms with Crippen molar-refractivity contribution in [3.63, 3.8) is 0 Å². The van der Waals surface area contributed by atoms with Crippen LogP contribution >= 0.6 is 0 Å². The molecule has 4 rings (SSSR count). The minimum atomic E-state index is -3.96. The summed E-state index contributed by atoms with van der Waals surface area (Å²) < 4.78 is 59.2. The van der Waals surface area contributed by atoms with Gasteiger partial charge in [0.25, 0.3) is 5.89 Å². The maximum atomic E-state index is 13.5. The lowest BCUT2D eigenvalue weighted by atomic mass is 10.00. The largest absolute Gasteiger partial charge is 0.419 e. The fourth-order valence-electron chi connectivity index (χ4n) is 3.14. The molecule has 0 radical (unpaired) electrons. The van der Waals surface area contributed by atoms with Crippen molar-refractivity contribution in [1.29, 1.82) is 0 Å². The third-order valence-corrected chi connectivity index (χ3v) is 6.45. The molecule has 0 spiro atoms. The Bertz CT molecular complexity index is 1090. The zero-order valence-corrected chi connectivity index (χ0v) is 15.4. The van der Waals surface area contributed by atoms with E-state index < -0.39 is 21.7 Å². The number of hydrogen-bond donors (Lipinski definition) is 0. The SMILES string of the molecule is O=S(=O)(c1ccc(F)c(F)c1)N1CCC[C@H](c2nnc(-c3ccccn3)o2)C1. The fraction of sp³-hybridized carbons (Fsp3) is 0.278. The molecule has 1 saturated heterocycles. The van der Waals surface area contributed by atoms with E-state index in [2.05, 4.69) is 15.2 Å². The van der Waals surface area contributed by atoms with Crippen molar-refractivity contribution < 1.29 is 21.6 Å². The van der Waals surface area contributed by atoms with Crippen LogP contribution in [-0.4, -0.2) is 41.0 Å². The minimum Gasteiger partial charge on any atom is -0.419 e. The van der Waals surface area contributed by atoms with Crippen LogP contribution in [0.15, 0.2) is 51.9 Å². The third kappa shape index (κ3) is 3.52. The van der Waals surface area contributed by atoms with Gasteiger partial charge in [-0.25, -0.2) is 17.2 Å². The van der Waals surface area contributed by atoms with Gasteiger partial charge in [0.1, 0.15) is 5.69 Å². The quantitative estimate of drug-likeness (QED) is 0.662. The van der Waals surface area contributed by atoms with Crippen LogP contribution in [0.4, 0.5) is 8.78 Å². The normalized spacial score (nSPS) is 18.3. The number of pyridine rings is 1. The fourth-order valence-corrected chi connectivity index (χ4v) is 4.68. The number of aromatic nitrogens is 3. The molecule has 1 aliphatic heterocycles. The van der Waals surface area contributed by atoms with E-state index >= 15 is 0 Å². The van der Waals surface area contributed by atoms with Crippen LogP contribution in [0.1, 0.15) is 24.7 Å². The first kappa shape index (κ1) is 18.6. The Hall–Kier alpha value is -2.72. The Kier molecular flexibility index (Phi) is 4.90. The number of hydrogen-bond acceptors (Lipinski definition) is 6. The van der Waals surface area contributed by atoms with E-state index in [4.69, 9.17) is 4.42 Å². The van der Waals surface area contributed by atoms with Crippen molar-refractivity contribution in [1.82, 2.24) is 19.5 Å². The van der Waals surface area contributed by atoms with Gasteiger partial charge in [-0.05, 0) is 43.2 Å². The lowest BCUT2D eigenvalue weighted by Crippen LogP contribution is -2.39. The predicted octanol–water partition coefficient (Wildman–Crippen LogP) is 2.98. The van der Waals surface area contributed by atoms with Crippen LogP contribution in [0.25, 0.3) is 11.6 Å². The highest BCUT2D eigenvalue weighted by molar-refractivity contribution is 7.89. The number of halogens is 2. The van der Waals surface area contributed by atoms with Crippen molar-refractivity contribution in [3.05, 3.63) is 60.1 Å². The molecule has 3 heterocycles. The molecule has 0 saturated carbocycles. The zero-order valence-electron chi connectivity index (χ0n) is 14.6. The van der Waals surface area contributed by atoms with Crippen LogP contribution in [0.5, 0.6) is 0 Å². The Morgan fingerprint density at radius 2 is 1.96 bits per heavy atom. The van der Waals surface area contributed by atoms with Gasteiger partial charge in [-0.15, -0.1) is 10.2 Å². The first-order chi connectivity index (χ1) is 13.4. The van der Waals surface area contributed by atoms with E-state index in [-0.39, 0.29) is 29.8 Å². The summed E-state index contributed by atoms with van der Waals surface area (Å²) in [6, 6.07) is 7.86. The third-order valence-electron chi connectivity index (χ3n) is 4.59. The average Bonchev–Trinajstić information content (AvgIpc) is 3.21. The predicted molar refractivity (Wildman–Crippen MR) is 94.6 cm³/mol. The minimum absolute atomic E-state index is 0.116. The van der Waals surface area contributed by atoms with E-state index in [1.54, 1.807) is 24.4 Å². The van der Waals surface area contributed by atoms with Crippen LogP contribution < -0.4 is 0 Å². The molecule has 28 heavy (non-hydrogen) atoms. The van der Waals surface area contributed by atoms with Crippen LogP contribution in [-0.2, 0) is 10.0 Å². The summed E-state index contributed by atoms with van der Waals surface area (Å²) in [7, 11) is -3.96. The summed E-state index contributed by atoms with van der Waals surface area (Å²) >= 11 is 0. The maximum Gasteiger partial charge on any atom is 0.266 e. The summed E-state index contributed by atoms with van der Waals surface area (Å²) in [5.41, 5.74) is 0.531. The van der Waals surface area contributed by atoms with Crippen molar-refractivity contribution in [2.75, 3.05) is 13.1 Å². The summed E-state index contributed by atoms with van der Waals surface area (Å²) in [6.07, 6.45) is 2.86. The number of nitrogens with zero attached hydrogens (tertiary/aromatic N) is 4. The van der Waals surface area contributed by atoms with Gasteiger partial charge in [-0.3, -0.25) is 4.98 Å². The lowest BCUT2D eigenvalue weighted by molar-refractivity contribution is 0.286. The van der Waals surface area contributed by atoms with Crippen LogP contribution in [0, 0.1) is 11.6 Å². The molecular formula is C18H16F2N4O3S. The molecular weight excluding hydrogens is 390 g/mol. The van der Waals surface area contributed by atoms with Gasteiger partial charge in [0.15, 0.2) is 11.6 Å². The van der Waals surface area contributed by atoms with Gasteiger partial charge in [0, 0.05) is 19.3 Å². The van der Waals surface area contributed by atoms with Crippen molar-refractivity contribution in [2.24, 2.45) is 0 Å². The van der Waals surface area contributed by atoms with Crippen molar-refractivity contribution >= 4 is 10.0 Å². The molecule has 0 unspecified atom stereocenters. The second-order valence-corrected chi connectivity index (χ2v) is 8.38. The average molecular weight is 406 g/mol. The van der Waals surface area contributed by atoms with E-state index in [1.165, 1.54) is 4.31 Å². The molecule has 0 aliphatic carbocycles. The molecule has 0 bridgehead atoms. The molecule has 2 aromatic heterocycles. The van der Waals surface area contributed by atoms with E-state index in [1.807, 2.05) is 0 Å². The molecule has 0 N–H and O–H groups in total. The molecule has 1 aliphatic rings. The maximum absolute atomic E-state index is 13.5. The van der Waals surface area contributed by atoms with Crippen molar-refractivity contribution in [2.45, 2.75) is 23.7 Å². The highest BCUT2D eigenvalue weighted by Gasteiger charge is 2.33. The zero-order chi connectivity index (χ0) is 19.7. The van der Waals surface area contributed by atoms with Gasteiger partial charge in [0.2, 0.25) is 15.9 Å². The van der Waals surface area contributed by atoms with Gasteiger partial charge in [-0.2, -0.15) is 4.31 Å². The van der Waals surface area contributed by atoms with Gasteiger partial charge >= 0.3 is 0 Å². The Labute approximate surface area is 160 Å². The van der Waals surface area contributed by atoms with Crippen LogP contribution in [0.3, 0.4) is 0 Å². The summed E-state index contributed by atoms with van der Waals surface area (Å²) in [5, 5.41) is 8.03. The summed E-state index contributed by atoms with van der Waals surface area (Å²) in [5.74, 6) is -2.00. The van der Waals surface area contributed by atoms with Gasteiger partial charge < -0.3 is 4.42 Å². The van der Waals surface area contributed by atoms with Gasteiger partial charge in [-0.1, -0.05) is 6.07 Å². The molecule has 0 amide bonds. The smallest absolute Gasteiger partial charge is 0.266 e. The molecule has 1 atom stereocenters. The highest BCUT2D eigenvalue weighted by Crippen LogP contribution is 2.31. The monoisotopic (exact) mass is 406 g/mol. The molecule has 1 fully saturated rings. The Balaban J connectivity index is 1.56. The Morgan fingerprint density at radius 1 is 1.11 bits per heavy atom. The molecule has 146 valence electrons. The molecule has 7 nitrogen and oxygen atoms in total. The summed E-state index contributed by atoms with van der Waals surface area (Å²) in [4.78, 5) is 3.86. The van der Waals surface area contributed by atoms with Crippen LogP contribution in [0.2, 0.25) is 0 Å². The number of sulfonamides is 1. The summed E-state index contributed by atoms with van der Waals surface area (Å²) in [6.45, 7) is 0.393. The highest BCUT2D eigenvalue weighted by atomic mass is 32.2. The van der Waals surface area contributed by atoms with E-state index in [0.29, 0.717) is 30.5 Å². The first-order valence-electron chi connectivity index (χ1n) is 8.65. The second kappa shape index (κ2) is 7.36. The van der Waals surface area contributed by atoms with Gasteiger partial charge in [0.05, 0.1) is 10.8 Å². The molecule has 1 aromatic carbocycles. The standard InChI is InChI=1S/C18H16F2N4O3S/c19-14-7-6-13(10-15(14)20)28(25,26)24-9-3-4-12(11-24)17-22-23-18(27-17)16-5-1-2-8-21-16/h1-2,5-8,10,12H,3-4,9,11H2/t12-/m0/s1. The first-order valence-corrected chi connectivity index (χ1v) is 10.1. The lowest BCUT2D eigenvalue weighted by Gasteiger charge is -2.30. The second-order valence-electron chi connectivity index (χ2n) is 6.44. The number of piperidine rings is 1. The Morgan fingerprint density at radius 3 is 2.71 bits per heavy atom. The number of rotatable bonds is 4. The van der Waals surface area contributed by atoms with E-state index in [0.717, 1.165) is 12.1 Å². The molecule has 3 aromatic rings. The van der Waals surface area contributed by atoms with Crippen molar-refractivity contribution in [3.8, 4) is 11.6 Å². The molecule has 10 heteroatoms. The van der Waals surface area contributed by atoms with E-state index in [9.17, 15) is 17.2 Å². The topological polar surface area (TPSA) is 89.2 Å². The number of benzene rings is 1.